The molecular weight excluding hydrogens is 296 g/mol. The van der Waals surface area contributed by atoms with Gasteiger partial charge < -0.3 is 0 Å². The number of fused-ring (bicyclic) bond motifs is 8. The number of carbonyl (C=O) groups is 2. The third-order valence-corrected chi connectivity index (χ3v) is 6.40. The van der Waals surface area contributed by atoms with E-state index in [9.17, 15) is 9.59 Å². The molecule has 0 saturated heterocycles. The molecule has 0 aromatic heterocycles. The summed E-state index contributed by atoms with van der Waals surface area (Å²) in [6.07, 6.45) is 2.79. The van der Waals surface area contributed by atoms with Gasteiger partial charge in [0.15, 0.2) is 0 Å². The summed E-state index contributed by atoms with van der Waals surface area (Å²) in [5, 5.41) is 0. The molecule has 1 fully saturated rings. The standard InChI is InChI=1S/C22H20O2/c23-17-11-9-13-5-1-3-7-15(13)19-20-16-8-4-2-6-14(16)10-12-18(24)22(20)21(17)19/h1-8,19-22H,9-12H2/t19-,20-,21+,22+/m1/s1. The van der Waals surface area contributed by atoms with Crippen molar-refractivity contribution in [2.45, 2.75) is 37.5 Å². The molecule has 0 aliphatic heterocycles. The number of hydrogen-bond donors (Lipinski definition) is 0. The molecule has 2 aromatic carbocycles. The van der Waals surface area contributed by atoms with Crippen molar-refractivity contribution >= 4 is 11.6 Å². The first-order chi connectivity index (χ1) is 11.8. The predicted molar refractivity (Wildman–Crippen MR) is 92.0 cm³/mol. The lowest BCUT2D eigenvalue weighted by atomic mass is 9.50. The van der Waals surface area contributed by atoms with E-state index in [4.69, 9.17) is 0 Å². The van der Waals surface area contributed by atoms with Crippen LogP contribution in [-0.2, 0) is 22.4 Å². The topological polar surface area (TPSA) is 34.1 Å². The summed E-state index contributed by atoms with van der Waals surface area (Å²) in [5.41, 5.74) is 5.20. The van der Waals surface area contributed by atoms with Crippen LogP contribution in [0.25, 0.3) is 0 Å². The van der Waals surface area contributed by atoms with Crippen LogP contribution < -0.4 is 0 Å². The van der Waals surface area contributed by atoms with E-state index in [1.54, 1.807) is 0 Å². The fourth-order valence-electron chi connectivity index (χ4n) is 5.35. The molecule has 2 aromatic rings. The fraction of sp³-hybridized carbons (Fsp3) is 0.364. The number of hydrogen-bond acceptors (Lipinski definition) is 2. The quantitative estimate of drug-likeness (QED) is 0.740. The van der Waals surface area contributed by atoms with Gasteiger partial charge in [-0.2, -0.15) is 0 Å². The highest BCUT2D eigenvalue weighted by molar-refractivity contribution is 5.95. The second kappa shape index (κ2) is 5.14. The van der Waals surface area contributed by atoms with E-state index in [0.717, 1.165) is 12.8 Å². The van der Waals surface area contributed by atoms with E-state index < -0.39 is 0 Å². The Morgan fingerprint density at radius 2 is 0.958 bits per heavy atom. The Balaban J connectivity index is 1.71. The number of ketones is 2. The molecule has 24 heavy (non-hydrogen) atoms. The Hall–Kier alpha value is -2.22. The monoisotopic (exact) mass is 316 g/mol. The van der Waals surface area contributed by atoms with Gasteiger partial charge in [0.1, 0.15) is 11.6 Å². The molecule has 0 amide bonds. The van der Waals surface area contributed by atoms with Crippen molar-refractivity contribution in [3.05, 3.63) is 70.8 Å². The van der Waals surface area contributed by atoms with Gasteiger partial charge in [0.25, 0.3) is 0 Å². The van der Waals surface area contributed by atoms with Crippen molar-refractivity contribution in [1.82, 2.24) is 0 Å². The number of carbonyl (C=O) groups excluding carboxylic acids is 2. The smallest absolute Gasteiger partial charge is 0.137 e. The zero-order valence-corrected chi connectivity index (χ0v) is 13.6. The molecule has 120 valence electrons. The largest absolute Gasteiger partial charge is 0.299 e. The van der Waals surface area contributed by atoms with E-state index in [1.807, 2.05) is 0 Å². The molecule has 0 spiro atoms. The van der Waals surface area contributed by atoms with Crippen LogP contribution in [0.4, 0.5) is 0 Å². The second-order valence-corrected chi connectivity index (χ2v) is 7.43. The van der Waals surface area contributed by atoms with Crippen LogP contribution in [0.1, 0.15) is 46.9 Å². The fourth-order valence-corrected chi connectivity index (χ4v) is 5.35. The molecule has 2 heteroatoms. The highest BCUT2D eigenvalue weighted by Gasteiger charge is 2.59. The van der Waals surface area contributed by atoms with E-state index in [-0.39, 0.29) is 23.7 Å². The summed E-state index contributed by atoms with van der Waals surface area (Å²) in [6.45, 7) is 0. The highest BCUT2D eigenvalue weighted by atomic mass is 16.1. The van der Waals surface area contributed by atoms with Crippen LogP contribution in [0.3, 0.4) is 0 Å². The molecule has 2 nitrogen and oxygen atoms in total. The Kier molecular flexibility index (Phi) is 3.03. The molecule has 0 radical (unpaired) electrons. The molecule has 0 bridgehead atoms. The van der Waals surface area contributed by atoms with Crippen molar-refractivity contribution in [3.8, 4) is 0 Å². The lowest BCUT2D eigenvalue weighted by Gasteiger charge is -2.50. The molecule has 0 unspecified atom stereocenters. The predicted octanol–water partition coefficient (Wildman–Crippen LogP) is 3.83. The van der Waals surface area contributed by atoms with Crippen LogP contribution in [0.5, 0.6) is 0 Å². The Morgan fingerprint density at radius 3 is 1.42 bits per heavy atom. The van der Waals surface area contributed by atoms with Crippen molar-refractivity contribution in [1.29, 1.82) is 0 Å². The second-order valence-electron chi connectivity index (χ2n) is 7.43. The Labute approximate surface area is 141 Å². The SMILES string of the molecule is O=C1CCc2ccccc2[C@H]2[C@H]1[C@H]1C(=O)CCc3ccccc3[C@@H]12. The van der Waals surface area contributed by atoms with Gasteiger partial charge in [-0.05, 0) is 35.1 Å². The minimum Gasteiger partial charge on any atom is -0.299 e. The summed E-state index contributed by atoms with van der Waals surface area (Å²) in [5.74, 6) is 0.763. The van der Waals surface area contributed by atoms with E-state index in [1.165, 1.54) is 22.3 Å². The maximum absolute atomic E-state index is 12.8. The normalized spacial score (nSPS) is 30.8. The van der Waals surface area contributed by atoms with Crippen molar-refractivity contribution in [3.63, 3.8) is 0 Å². The van der Waals surface area contributed by atoms with E-state index in [0.29, 0.717) is 24.4 Å². The Morgan fingerprint density at radius 1 is 0.542 bits per heavy atom. The number of rotatable bonds is 0. The third kappa shape index (κ3) is 1.83. The average molecular weight is 316 g/mol. The molecule has 1 saturated carbocycles. The van der Waals surface area contributed by atoms with Gasteiger partial charge in [-0.3, -0.25) is 9.59 Å². The van der Waals surface area contributed by atoms with Gasteiger partial charge in [0, 0.05) is 36.5 Å². The van der Waals surface area contributed by atoms with Crippen LogP contribution >= 0.6 is 0 Å². The minimum absolute atomic E-state index is 0.0997. The van der Waals surface area contributed by atoms with Crippen molar-refractivity contribution < 1.29 is 9.59 Å². The van der Waals surface area contributed by atoms with Crippen LogP contribution in [-0.4, -0.2) is 11.6 Å². The van der Waals surface area contributed by atoms with E-state index >= 15 is 0 Å². The van der Waals surface area contributed by atoms with Gasteiger partial charge in [-0.1, -0.05) is 48.5 Å². The lowest BCUT2D eigenvalue weighted by Crippen LogP contribution is -2.50. The maximum atomic E-state index is 12.8. The van der Waals surface area contributed by atoms with Crippen molar-refractivity contribution in [2.24, 2.45) is 11.8 Å². The minimum atomic E-state index is -0.0997. The first kappa shape index (κ1) is 14.2. The molecule has 3 aliphatic carbocycles. The van der Waals surface area contributed by atoms with Gasteiger partial charge in [0.05, 0.1) is 0 Å². The molecule has 3 aliphatic rings. The molecule has 5 rings (SSSR count). The summed E-state index contributed by atoms with van der Waals surface area (Å²) < 4.78 is 0. The molecule has 0 N–H and O–H groups in total. The van der Waals surface area contributed by atoms with Crippen LogP contribution in [0.15, 0.2) is 48.5 Å². The third-order valence-electron chi connectivity index (χ3n) is 6.40. The summed E-state index contributed by atoms with van der Waals surface area (Å²) in [4.78, 5) is 25.6. The zero-order chi connectivity index (χ0) is 16.3. The maximum Gasteiger partial charge on any atom is 0.137 e. The first-order valence-electron chi connectivity index (χ1n) is 8.97. The Bertz CT molecular complexity index is 779. The molecular formula is C22H20O2. The van der Waals surface area contributed by atoms with E-state index in [2.05, 4.69) is 48.5 Å². The summed E-state index contributed by atoms with van der Waals surface area (Å²) in [7, 11) is 0. The number of aryl methyl sites for hydroxylation is 2. The van der Waals surface area contributed by atoms with Gasteiger partial charge in [-0.25, -0.2) is 0 Å². The van der Waals surface area contributed by atoms with Gasteiger partial charge in [-0.15, -0.1) is 0 Å². The van der Waals surface area contributed by atoms with Gasteiger partial charge in [0.2, 0.25) is 0 Å². The van der Waals surface area contributed by atoms with Gasteiger partial charge >= 0.3 is 0 Å². The average Bonchev–Trinajstić information content (AvgIpc) is 2.77. The molecule has 0 heterocycles. The van der Waals surface area contributed by atoms with Crippen molar-refractivity contribution in [2.75, 3.05) is 0 Å². The number of Topliss-reactive ketones (excluding diaryl/α,β-unsaturated/α-hetero) is 2. The number of benzene rings is 2. The molecule has 4 atom stereocenters. The summed E-state index contributed by atoms with van der Waals surface area (Å²) in [6, 6.07) is 16.9. The summed E-state index contributed by atoms with van der Waals surface area (Å²) >= 11 is 0. The lowest BCUT2D eigenvalue weighted by molar-refractivity contribution is -0.141. The zero-order valence-electron chi connectivity index (χ0n) is 13.6. The first-order valence-corrected chi connectivity index (χ1v) is 8.97. The van der Waals surface area contributed by atoms with Crippen LogP contribution in [0, 0.1) is 11.8 Å². The highest BCUT2D eigenvalue weighted by Crippen LogP contribution is 2.61. The van der Waals surface area contributed by atoms with Crippen LogP contribution in [0.2, 0.25) is 0 Å².